The maximum absolute atomic E-state index is 9.19. The number of nitriles is 1. The molecule has 19 heavy (non-hydrogen) atoms. The summed E-state index contributed by atoms with van der Waals surface area (Å²) in [6, 6.07) is 14.4. The molecule has 0 radical (unpaired) electrons. The Bertz CT molecular complexity index is 600. The van der Waals surface area contributed by atoms with Crippen LogP contribution in [0.15, 0.2) is 42.5 Å². The fourth-order valence-corrected chi connectivity index (χ4v) is 1.80. The summed E-state index contributed by atoms with van der Waals surface area (Å²) in [7, 11) is 0. The molecule has 0 heterocycles. The molecule has 4 nitrogen and oxygen atoms in total. The number of aromatic hydroxyl groups is 1. The van der Waals surface area contributed by atoms with Crippen LogP contribution in [0.3, 0.4) is 0 Å². The van der Waals surface area contributed by atoms with Gasteiger partial charge in [-0.25, -0.2) is 0 Å². The van der Waals surface area contributed by atoms with Crippen LogP contribution >= 0.6 is 0 Å². The standard InChI is InChI=1S/C15H15N3O/c16-10-12-3-6-15(14(17)9-12)18-8-7-11-1-4-13(19)5-2-11/h1-6,9,18-19H,7-8,17H2. The summed E-state index contributed by atoms with van der Waals surface area (Å²) in [4.78, 5) is 0. The molecular formula is C15H15N3O. The van der Waals surface area contributed by atoms with Crippen LogP contribution in [0.25, 0.3) is 0 Å². The number of nitrogen functional groups attached to an aromatic ring is 1. The van der Waals surface area contributed by atoms with Crippen molar-refractivity contribution in [2.24, 2.45) is 0 Å². The Morgan fingerprint density at radius 3 is 2.53 bits per heavy atom. The normalized spacial score (nSPS) is 9.84. The van der Waals surface area contributed by atoms with E-state index in [1.165, 1.54) is 0 Å². The first-order valence-corrected chi connectivity index (χ1v) is 6.00. The molecule has 0 saturated heterocycles. The number of nitrogens with two attached hydrogens (primary N) is 1. The second-order valence-corrected chi connectivity index (χ2v) is 4.26. The molecule has 0 atom stereocenters. The molecule has 4 N–H and O–H groups in total. The van der Waals surface area contributed by atoms with E-state index in [1.807, 2.05) is 18.2 Å². The summed E-state index contributed by atoms with van der Waals surface area (Å²) >= 11 is 0. The highest BCUT2D eigenvalue weighted by molar-refractivity contribution is 5.68. The van der Waals surface area contributed by atoms with Crippen LogP contribution in [0.2, 0.25) is 0 Å². The maximum atomic E-state index is 9.19. The fourth-order valence-electron chi connectivity index (χ4n) is 1.80. The first-order valence-electron chi connectivity index (χ1n) is 6.00. The number of nitrogens with zero attached hydrogens (tertiary/aromatic N) is 1. The van der Waals surface area contributed by atoms with Gasteiger partial charge in [-0.1, -0.05) is 12.1 Å². The van der Waals surface area contributed by atoms with Crippen molar-refractivity contribution in [1.29, 1.82) is 5.26 Å². The molecule has 4 heteroatoms. The van der Waals surface area contributed by atoms with Gasteiger partial charge in [-0.15, -0.1) is 0 Å². The minimum Gasteiger partial charge on any atom is -0.508 e. The number of nitrogens with one attached hydrogen (secondary N) is 1. The average Bonchev–Trinajstić information content (AvgIpc) is 2.42. The topological polar surface area (TPSA) is 82.1 Å². The summed E-state index contributed by atoms with van der Waals surface area (Å²) in [6.07, 6.45) is 0.833. The zero-order valence-electron chi connectivity index (χ0n) is 10.4. The van der Waals surface area contributed by atoms with Crippen molar-refractivity contribution in [1.82, 2.24) is 0 Å². The van der Waals surface area contributed by atoms with Crippen LogP contribution in [0.1, 0.15) is 11.1 Å². The lowest BCUT2D eigenvalue weighted by molar-refractivity contribution is 0.475. The predicted molar refractivity (Wildman–Crippen MR) is 75.9 cm³/mol. The van der Waals surface area contributed by atoms with Crippen molar-refractivity contribution in [3.05, 3.63) is 53.6 Å². The first-order chi connectivity index (χ1) is 9.19. The van der Waals surface area contributed by atoms with E-state index in [4.69, 9.17) is 11.0 Å². The number of hydrogen-bond donors (Lipinski definition) is 3. The molecule has 2 aromatic rings. The summed E-state index contributed by atoms with van der Waals surface area (Å²) < 4.78 is 0. The van der Waals surface area contributed by atoms with Crippen LogP contribution in [0.5, 0.6) is 5.75 Å². The van der Waals surface area contributed by atoms with E-state index in [9.17, 15) is 5.11 Å². The Morgan fingerprint density at radius 1 is 1.16 bits per heavy atom. The lowest BCUT2D eigenvalue weighted by Gasteiger charge is -2.09. The Balaban J connectivity index is 1.92. The van der Waals surface area contributed by atoms with Gasteiger partial charge in [-0.2, -0.15) is 5.26 Å². The van der Waals surface area contributed by atoms with E-state index in [2.05, 4.69) is 11.4 Å². The number of benzene rings is 2. The van der Waals surface area contributed by atoms with Crippen LogP contribution in [0, 0.1) is 11.3 Å². The molecule has 0 aliphatic carbocycles. The average molecular weight is 253 g/mol. The molecule has 0 aromatic heterocycles. The Kier molecular flexibility index (Phi) is 3.89. The third kappa shape index (κ3) is 3.39. The lowest BCUT2D eigenvalue weighted by atomic mass is 10.1. The smallest absolute Gasteiger partial charge is 0.115 e. The second kappa shape index (κ2) is 5.78. The van der Waals surface area contributed by atoms with Gasteiger partial charge in [0, 0.05) is 6.54 Å². The summed E-state index contributed by atoms with van der Waals surface area (Å²) in [6.45, 7) is 0.737. The largest absolute Gasteiger partial charge is 0.508 e. The number of phenolic OH excluding ortho intramolecular Hbond substituents is 1. The lowest BCUT2D eigenvalue weighted by Crippen LogP contribution is -2.06. The Morgan fingerprint density at radius 2 is 1.89 bits per heavy atom. The molecule has 0 amide bonds. The van der Waals surface area contributed by atoms with Crippen LogP contribution < -0.4 is 11.1 Å². The van der Waals surface area contributed by atoms with Gasteiger partial charge in [0.2, 0.25) is 0 Å². The molecule has 2 aromatic carbocycles. The maximum Gasteiger partial charge on any atom is 0.115 e. The van der Waals surface area contributed by atoms with Gasteiger partial charge in [0.05, 0.1) is 23.0 Å². The second-order valence-electron chi connectivity index (χ2n) is 4.26. The van der Waals surface area contributed by atoms with Gasteiger partial charge >= 0.3 is 0 Å². The summed E-state index contributed by atoms with van der Waals surface area (Å²) in [5.41, 5.74) is 8.95. The van der Waals surface area contributed by atoms with Gasteiger partial charge in [-0.3, -0.25) is 0 Å². The van der Waals surface area contributed by atoms with Gasteiger partial charge in [0.25, 0.3) is 0 Å². The molecular weight excluding hydrogens is 238 g/mol. The molecule has 0 spiro atoms. The van der Waals surface area contributed by atoms with Crippen molar-refractivity contribution >= 4 is 11.4 Å². The quantitative estimate of drug-likeness (QED) is 0.731. The number of hydrogen-bond acceptors (Lipinski definition) is 4. The minimum absolute atomic E-state index is 0.271. The van der Waals surface area contributed by atoms with E-state index in [-0.39, 0.29) is 5.75 Å². The van der Waals surface area contributed by atoms with E-state index >= 15 is 0 Å². The van der Waals surface area contributed by atoms with Crippen molar-refractivity contribution < 1.29 is 5.11 Å². The fraction of sp³-hybridized carbons (Fsp3) is 0.133. The monoisotopic (exact) mass is 253 g/mol. The van der Waals surface area contributed by atoms with Crippen LogP contribution in [-0.2, 0) is 6.42 Å². The zero-order chi connectivity index (χ0) is 13.7. The van der Waals surface area contributed by atoms with E-state index in [1.54, 1.807) is 24.3 Å². The van der Waals surface area contributed by atoms with Gasteiger partial charge in [-0.05, 0) is 42.3 Å². The van der Waals surface area contributed by atoms with E-state index in [0.29, 0.717) is 11.3 Å². The van der Waals surface area contributed by atoms with Crippen LogP contribution in [-0.4, -0.2) is 11.7 Å². The minimum atomic E-state index is 0.271. The van der Waals surface area contributed by atoms with Gasteiger partial charge in [0.15, 0.2) is 0 Å². The number of rotatable bonds is 4. The van der Waals surface area contributed by atoms with Crippen LogP contribution in [0.4, 0.5) is 11.4 Å². The van der Waals surface area contributed by atoms with Gasteiger partial charge in [0.1, 0.15) is 5.75 Å². The van der Waals surface area contributed by atoms with E-state index in [0.717, 1.165) is 24.2 Å². The molecule has 0 bridgehead atoms. The Hall–Kier alpha value is -2.67. The predicted octanol–water partition coefficient (Wildman–Crippen LogP) is 2.50. The zero-order valence-corrected chi connectivity index (χ0v) is 10.4. The Labute approximate surface area is 112 Å². The van der Waals surface area contributed by atoms with Crippen molar-refractivity contribution in [3.8, 4) is 11.8 Å². The summed E-state index contributed by atoms with van der Waals surface area (Å²) in [5.74, 6) is 0.271. The summed E-state index contributed by atoms with van der Waals surface area (Å²) in [5, 5.41) is 21.2. The third-order valence-corrected chi connectivity index (χ3v) is 2.85. The van der Waals surface area contributed by atoms with E-state index < -0.39 is 0 Å². The highest BCUT2D eigenvalue weighted by atomic mass is 16.3. The third-order valence-electron chi connectivity index (χ3n) is 2.85. The van der Waals surface area contributed by atoms with Crippen molar-refractivity contribution in [2.75, 3.05) is 17.6 Å². The molecule has 0 aliphatic heterocycles. The highest BCUT2D eigenvalue weighted by Gasteiger charge is 2.00. The SMILES string of the molecule is N#Cc1ccc(NCCc2ccc(O)cc2)c(N)c1. The van der Waals surface area contributed by atoms with Crippen molar-refractivity contribution in [3.63, 3.8) is 0 Å². The number of phenols is 1. The van der Waals surface area contributed by atoms with Crippen molar-refractivity contribution in [2.45, 2.75) is 6.42 Å². The first kappa shape index (κ1) is 12.8. The molecule has 0 fully saturated rings. The highest BCUT2D eigenvalue weighted by Crippen LogP contribution is 2.19. The van der Waals surface area contributed by atoms with Gasteiger partial charge < -0.3 is 16.2 Å². The molecule has 96 valence electrons. The molecule has 2 rings (SSSR count). The molecule has 0 saturated carbocycles. The number of anilines is 2. The molecule has 0 unspecified atom stereocenters. The molecule has 0 aliphatic rings.